The summed E-state index contributed by atoms with van der Waals surface area (Å²) in [6.07, 6.45) is 0. The van der Waals surface area contributed by atoms with Crippen LogP contribution in [0.5, 0.6) is 0 Å². The predicted molar refractivity (Wildman–Crippen MR) is 69.0 cm³/mol. The molecular formula is C12H19ClN2O. The largest absolute Gasteiger partial charge is 0.350 e. The van der Waals surface area contributed by atoms with E-state index in [0.29, 0.717) is 12.1 Å². The average Bonchev–Trinajstić information content (AvgIpc) is 2.13. The van der Waals surface area contributed by atoms with Gasteiger partial charge in [0.2, 0.25) is 0 Å². The van der Waals surface area contributed by atoms with Crippen LogP contribution in [0.3, 0.4) is 0 Å². The summed E-state index contributed by atoms with van der Waals surface area (Å²) in [5, 5.41) is 2.80. The van der Waals surface area contributed by atoms with Crippen molar-refractivity contribution in [3.63, 3.8) is 0 Å². The van der Waals surface area contributed by atoms with Gasteiger partial charge in [-0.1, -0.05) is 17.7 Å². The number of carbonyl (C=O) groups excluding carboxylic acids is 1. The first kappa shape index (κ1) is 14.9. The lowest BCUT2D eigenvalue weighted by atomic mass is 10.1. The SMILES string of the molecule is Cc1cccc(C(=O)NCC(C)(C)N)c1.Cl. The first-order chi connectivity index (χ1) is 6.88. The third-order valence-electron chi connectivity index (χ3n) is 1.98. The summed E-state index contributed by atoms with van der Waals surface area (Å²) in [6.45, 7) is 6.19. The van der Waals surface area contributed by atoms with E-state index in [4.69, 9.17) is 5.73 Å². The van der Waals surface area contributed by atoms with Gasteiger partial charge in [0, 0.05) is 17.6 Å². The van der Waals surface area contributed by atoms with Gasteiger partial charge < -0.3 is 11.1 Å². The van der Waals surface area contributed by atoms with E-state index in [0.717, 1.165) is 5.56 Å². The van der Waals surface area contributed by atoms with Gasteiger partial charge in [0.15, 0.2) is 0 Å². The van der Waals surface area contributed by atoms with Crippen molar-refractivity contribution in [3.8, 4) is 0 Å². The van der Waals surface area contributed by atoms with Gasteiger partial charge in [-0.2, -0.15) is 0 Å². The third kappa shape index (κ3) is 5.14. The Kier molecular flexibility index (Phi) is 5.48. The minimum absolute atomic E-state index is 0. The second-order valence-corrected chi connectivity index (χ2v) is 4.54. The monoisotopic (exact) mass is 242 g/mol. The Labute approximate surface area is 103 Å². The highest BCUT2D eigenvalue weighted by Gasteiger charge is 2.13. The lowest BCUT2D eigenvalue weighted by molar-refractivity contribution is 0.0946. The van der Waals surface area contributed by atoms with E-state index in [2.05, 4.69) is 5.32 Å². The highest BCUT2D eigenvalue weighted by atomic mass is 35.5. The molecule has 0 saturated heterocycles. The summed E-state index contributed by atoms with van der Waals surface area (Å²) in [6, 6.07) is 7.49. The Balaban J connectivity index is 0.00000225. The number of amides is 1. The molecule has 4 heteroatoms. The van der Waals surface area contributed by atoms with E-state index in [1.54, 1.807) is 6.07 Å². The first-order valence-electron chi connectivity index (χ1n) is 5.02. The summed E-state index contributed by atoms with van der Waals surface area (Å²) < 4.78 is 0. The van der Waals surface area contributed by atoms with Crippen LogP contribution in [0.1, 0.15) is 29.8 Å². The van der Waals surface area contributed by atoms with E-state index in [9.17, 15) is 4.79 Å². The Hall–Kier alpha value is -1.06. The molecule has 0 spiro atoms. The van der Waals surface area contributed by atoms with E-state index in [1.807, 2.05) is 39.0 Å². The molecule has 0 fully saturated rings. The van der Waals surface area contributed by atoms with E-state index < -0.39 is 0 Å². The molecule has 0 atom stereocenters. The van der Waals surface area contributed by atoms with Crippen LogP contribution < -0.4 is 11.1 Å². The van der Waals surface area contributed by atoms with Crippen molar-refractivity contribution in [3.05, 3.63) is 35.4 Å². The molecule has 0 saturated carbocycles. The first-order valence-corrected chi connectivity index (χ1v) is 5.02. The fraction of sp³-hybridized carbons (Fsp3) is 0.417. The number of hydrogen-bond donors (Lipinski definition) is 2. The number of nitrogens with two attached hydrogens (primary N) is 1. The molecule has 0 aliphatic rings. The van der Waals surface area contributed by atoms with E-state index >= 15 is 0 Å². The zero-order valence-corrected chi connectivity index (χ0v) is 10.7. The molecule has 1 amide bonds. The number of rotatable bonds is 3. The summed E-state index contributed by atoms with van der Waals surface area (Å²) in [5.41, 5.74) is 7.16. The average molecular weight is 243 g/mol. The molecule has 1 aromatic carbocycles. The molecule has 0 radical (unpaired) electrons. The quantitative estimate of drug-likeness (QED) is 0.851. The van der Waals surface area contributed by atoms with Crippen molar-refractivity contribution in [2.75, 3.05) is 6.54 Å². The lowest BCUT2D eigenvalue weighted by Gasteiger charge is -2.18. The zero-order chi connectivity index (χ0) is 11.5. The van der Waals surface area contributed by atoms with Gasteiger partial charge in [0.1, 0.15) is 0 Å². The molecule has 0 aromatic heterocycles. The molecule has 0 heterocycles. The second-order valence-electron chi connectivity index (χ2n) is 4.54. The van der Waals surface area contributed by atoms with Crippen LogP contribution in [0.15, 0.2) is 24.3 Å². The van der Waals surface area contributed by atoms with Crippen LogP contribution in [0.25, 0.3) is 0 Å². The smallest absolute Gasteiger partial charge is 0.251 e. The molecule has 0 aliphatic heterocycles. The summed E-state index contributed by atoms with van der Waals surface area (Å²) in [4.78, 5) is 11.7. The molecule has 16 heavy (non-hydrogen) atoms. The van der Waals surface area contributed by atoms with Crippen molar-refractivity contribution >= 4 is 18.3 Å². The second kappa shape index (κ2) is 5.87. The van der Waals surface area contributed by atoms with Crippen molar-refractivity contribution in [1.29, 1.82) is 0 Å². The fourth-order valence-corrected chi connectivity index (χ4v) is 1.20. The van der Waals surface area contributed by atoms with Gasteiger partial charge >= 0.3 is 0 Å². The van der Waals surface area contributed by atoms with Gasteiger partial charge in [-0.3, -0.25) is 4.79 Å². The van der Waals surface area contributed by atoms with Gasteiger partial charge in [-0.25, -0.2) is 0 Å². The van der Waals surface area contributed by atoms with Crippen LogP contribution in [-0.4, -0.2) is 18.0 Å². The highest BCUT2D eigenvalue weighted by molar-refractivity contribution is 5.94. The maximum Gasteiger partial charge on any atom is 0.251 e. The van der Waals surface area contributed by atoms with Gasteiger partial charge in [-0.15, -0.1) is 12.4 Å². The Morgan fingerprint density at radius 3 is 2.56 bits per heavy atom. The number of hydrogen-bond acceptors (Lipinski definition) is 2. The maximum absolute atomic E-state index is 11.7. The number of aryl methyl sites for hydroxylation is 1. The van der Waals surface area contributed by atoms with Crippen molar-refractivity contribution in [1.82, 2.24) is 5.32 Å². The van der Waals surface area contributed by atoms with Gasteiger partial charge in [0.05, 0.1) is 0 Å². The van der Waals surface area contributed by atoms with E-state index in [1.165, 1.54) is 0 Å². The number of nitrogens with one attached hydrogen (secondary N) is 1. The molecule has 3 N–H and O–H groups in total. The van der Waals surface area contributed by atoms with Gasteiger partial charge in [-0.05, 0) is 32.9 Å². The number of carbonyl (C=O) groups is 1. The van der Waals surface area contributed by atoms with Crippen LogP contribution in [0, 0.1) is 6.92 Å². The number of benzene rings is 1. The Morgan fingerprint density at radius 2 is 2.06 bits per heavy atom. The minimum atomic E-state index is -0.376. The number of halogens is 1. The highest BCUT2D eigenvalue weighted by Crippen LogP contribution is 2.04. The van der Waals surface area contributed by atoms with Crippen LogP contribution in [0.4, 0.5) is 0 Å². The molecule has 0 bridgehead atoms. The fourth-order valence-electron chi connectivity index (χ4n) is 1.20. The normalized spacial score (nSPS) is 10.5. The molecule has 90 valence electrons. The minimum Gasteiger partial charge on any atom is -0.350 e. The standard InChI is InChI=1S/C12H18N2O.ClH/c1-9-5-4-6-10(7-9)11(15)14-8-12(2,3)13;/h4-7H,8,13H2,1-3H3,(H,14,15);1H. The Morgan fingerprint density at radius 1 is 1.44 bits per heavy atom. The molecule has 3 nitrogen and oxygen atoms in total. The summed E-state index contributed by atoms with van der Waals surface area (Å²) in [7, 11) is 0. The maximum atomic E-state index is 11.7. The predicted octanol–water partition coefficient (Wildman–Crippen LogP) is 1.88. The molecule has 1 rings (SSSR count). The van der Waals surface area contributed by atoms with Crippen LogP contribution in [0.2, 0.25) is 0 Å². The summed E-state index contributed by atoms with van der Waals surface area (Å²) in [5.74, 6) is -0.0720. The topological polar surface area (TPSA) is 55.1 Å². The summed E-state index contributed by atoms with van der Waals surface area (Å²) >= 11 is 0. The van der Waals surface area contributed by atoms with Crippen molar-refractivity contribution in [2.24, 2.45) is 5.73 Å². The zero-order valence-electron chi connectivity index (χ0n) is 9.91. The Bertz CT molecular complexity index is 358. The lowest BCUT2D eigenvalue weighted by Crippen LogP contribution is -2.45. The third-order valence-corrected chi connectivity index (χ3v) is 1.98. The molecule has 0 unspecified atom stereocenters. The van der Waals surface area contributed by atoms with Gasteiger partial charge in [0.25, 0.3) is 5.91 Å². The van der Waals surface area contributed by atoms with Crippen molar-refractivity contribution < 1.29 is 4.79 Å². The van der Waals surface area contributed by atoms with Crippen LogP contribution >= 0.6 is 12.4 Å². The van der Waals surface area contributed by atoms with E-state index in [-0.39, 0.29) is 23.9 Å². The molecule has 0 aliphatic carbocycles. The molecular weight excluding hydrogens is 224 g/mol. The van der Waals surface area contributed by atoms with Crippen molar-refractivity contribution in [2.45, 2.75) is 26.3 Å². The molecule has 1 aromatic rings. The van der Waals surface area contributed by atoms with Crippen LogP contribution in [-0.2, 0) is 0 Å².